The lowest BCUT2D eigenvalue weighted by Gasteiger charge is -2.09. The maximum absolute atomic E-state index is 11.4. The van der Waals surface area contributed by atoms with Gasteiger partial charge in [0.2, 0.25) is 10.0 Å². The highest BCUT2D eigenvalue weighted by atomic mass is 32.2. The van der Waals surface area contributed by atoms with Crippen molar-refractivity contribution in [2.75, 3.05) is 25.4 Å². The molecule has 6 heteroatoms. The fourth-order valence-corrected chi connectivity index (χ4v) is 2.41. The third-order valence-electron chi connectivity index (χ3n) is 2.03. The predicted octanol–water partition coefficient (Wildman–Crippen LogP) is -0.0777. The van der Waals surface area contributed by atoms with Crippen molar-refractivity contribution in [2.24, 2.45) is 5.92 Å². The lowest BCUT2D eigenvalue weighted by Crippen LogP contribution is -2.35. The molecule has 0 aliphatic heterocycles. The average molecular weight is 252 g/mol. The summed E-state index contributed by atoms with van der Waals surface area (Å²) in [5.74, 6) is 0.575. The molecular weight excluding hydrogens is 228 g/mol. The average Bonchev–Trinajstić information content (AvgIpc) is 2.14. The molecular formula is C10H24N2O3S. The summed E-state index contributed by atoms with van der Waals surface area (Å²) in [7, 11) is -3.13. The Bertz CT molecular complexity index is 263. The van der Waals surface area contributed by atoms with Gasteiger partial charge in [0.05, 0.1) is 11.9 Å². The second kappa shape index (κ2) is 8.00. The molecule has 0 bridgehead atoms. The van der Waals surface area contributed by atoms with Gasteiger partial charge < -0.3 is 10.4 Å². The maximum Gasteiger partial charge on any atom is 0.211 e. The first kappa shape index (κ1) is 15.8. The van der Waals surface area contributed by atoms with Crippen LogP contribution in [0.2, 0.25) is 0 Å². The number of aliphatic hydroxyl groups excluding tert-OH is 1. The van der Waals surface area contributed by atoms with E-state index in [0.29, 0.717) is 32.0 Å². The van der Waals surface area contributed by atoms with Gasteiger partial charge in [0, 0.05) is 19.6 Å². The molecule has 16 heavy (non-hydrogen) atoms. The van der Waals surface area contributed by atoms with Crippen molar-refractivity contribution in [1.82, 2.24) is 10.0 Å². The molecule has 1 atom stereocenters. The zero-order chi connectivity index (χ0) is 12.6. The van der Waals surface area contributed by atoms with Crippen LogP contribution in [0.15, 0.2) is 0 Å². The van der Waals surface area contributed by atoms with Gasteiger partial charge in [-0.2, -0.15) is 0 Å². The van der Waals surface area contributed by atoms with Gasteiger partial charge in [-0.1, -0.05) is 13.8 Å². The smallest absolute Gasteiger partial charge is 0.211 e. The first-order valence-electron chi connectivity index (χ1n) is 5.69. The Hall–Kier alpha value is -0.170. The Balaban J connectivity index is 3.59. The molecule has 1 unspecified atom stereocenters. The topological polar surface area (TPSA) is 78.4 Å². The summed E-state index contributed by atoms with van der Waals surface area (Å²) in [4.78, 5) is 0. The highest BCUT2D eigenvalue weighted by Gasteiger charge is 2.09. The highest BCUT2D eigenvalue weighted by molar-refractivity contribution is 7.89. The summed E-state index contributed by atoms with van der Waals surface area (Å²) in [6.45, 7) is 7.06. The van der Waals surface area contributed by atoms with E-state index >= 15 is 0 Å². The zero-order valence-electron chi connectivity index (χ0n) is 10.4. The molecule has 5 nitrogen and oxygen atoms in total. The number of rotatable bonds is 9. The normalized spacial score (nSPS) is 14.3. The summed E-state index contributed by atoms with van der Waals surface area (Å²) in [5, 5.41) is 11.9. The van der Waals surface area contributed by atoms with E-state index in [-0.39, 0.29) is 5.75 Å². The summed E-state index contributed by atoms with van der Waals surface area (Å²) in [5.41, 5.74) is 0. The van der Waals surface area contributed by atoms with Crippen LogP contribution in [0.4, 0.5) is 0 Å². The van der Waals surface area contributed by atoms with E-state index in [1.807, 2.05) is 13.8 Å². The predicted molar refractivity (Wildman–Crippen MR) is 65.8 cm³/mol. The van der Waals surface area contributed by atoms with Crippen LogP contribution in [0.25, 0.3) is 0 Å². The molecule has 0 radical (unpaired) electrons. The molecule has 0 aromatic carbocycles. The monoisotopic (exact) mass is 252 g/mol. The van der Waals surface area contributed by atoms with Crippen molar-refractivity contribution < 1.29 is 13.5 Å². The first-order chi connectivity index (χ1) is 7.33. The molecule has 0 saturated carbocycles. The minimum absolute atomic E-state index is 0.182. The Morgan fingerprint density at radius 3 is 2.31 bits per heavy atom. The molecule has 0 amide bonds. The molecule has 0 spiro atoms. The number of sulfonamides is 1. The largest absolute Gasteiger partial charge is 0.392 e. The Labute approximate surface area is 98.7 Å². The molecule has 0 aromatic rings. The minimum atomic E-state index is -3.13. The van der Waals surface area contributed by atoms with E-state index in [2.05, 4.69) is 10.0 Å². The van der Waals surface area contributed by atoms with Crippen LogP contribution in [0.5, 0.6) is 0 Å². The van der Waals surface area contributed by atoms with E-state index in [0.717, 1.165) is 0 Å². The quantitative estimate of drug-likeness (QED) is 0.502. The fraction of sp³-hybridized carbons (Fsp3) is 1.00. The van der Waals surface area contributed by atoms with Gasteiger partial charge in [-0.05, 0) is 19.3 Å². The van der Waals surface area contributed by atoms with E-state index in [9.17, 15) is 8.42 Å². The van der Waals surface area contributed by atoms with Crippen molar-refractivity contribution >= 4 is 10.0 Å². The second-order valence-corrected chi connectivity index (χ2v) is 6.38. The van der Waals surface area contributed by atoms with Crippen molar-refractivity contribution in [2.45, 2.75) is 33.3 Å². The number of hydrogen-bond acceptors (Lipinski definition) is 4. The van der Waals surface area contributed by atoms with Crippen LogP contribution in [0.1, 0.15) is 27.2 Å². The van der Waals surface area contributed by atoms with E-state index in [4.69, 9.17) is 5.11 Å². The molecule has 0 fully saturated rings. The molecule has 0 rings (SSSR count). The van der Waals surface area contributed by atoms with Gasteiger partial charge >= 0.3 is 0 Å². The van der Waals surface area contributed by atoms with Crippen molar-refractivity contribution in [3.8, 4) is 0 Å². The van der Waals surface area contributed by atoms with Gasteiger partial charge in [-0.3, -0.25) is 0 Å². The van der Waals surface area contributed by atoms with Crippen LogP contribution in [-0.4, -0.2) is 45.0 Å². The standard InChI is InChI=1S/C10H24N2O3S/c1-9(2)4-7-16(14,15)12-6-5-11-8-10(3)13/h9-13H,4-8H2,1-3H3. The van der Waals surface area contributed by atoms with E-state index in [1.54, 1.807) is 6.92 Å². The molecule has 98 valence electrons. The first-order valence-corrected chi connectivity index (χ1v) is 7.35. The molecule has 0 aromatic heterocycles. The SMILES string of the molecule is CC(C)CCS(=O)(=O)NCCNCC(C)O. The van der Waals surface area contributed by atoms with Gasteiger partial charge in [-0.25, -0.2) is 13.1 Å². The Kier molecular flexibility index (Phi) is 7.91. The van der Waals surface area contributed by atoms with Gasteiger partial charge in [0.15, 0.2) is 0 Å². The zero-order valence-corrected chi connectivity index (χ0v) is 11.2. The summed E-state index contributed by atoms with van der Waals surface area (Å²) < 4.78 is 25.4. The summed E-state index contributed by atoms with van der Waals surface area (Å²) >= 11 is 0. The number of aliphatic hydroxyl groups is 1. The van der Waals surface area contributed by atoms with Crippen molar-refractivity contribution in [1.29, 1.82) is 0 Å². The third kappa shape index (κ3) is 10.4. The minimum Gasteiger partial charge on any atom is -0.392 e. The summed E-state index contributed by atoms with van der Waals surface area (Å²) in [6, 6.07) is 0. The Morgan fingerprint density at radius 2 is 1.81 bits per heavy atom. The lowest BCUT2D eigenvalue weighted by molar-refractivity contribution is 0.192. The van der Waals surface area contributed by atoms with E-state index in [1.165, 1.54) is 0 Å². The van der Waals surface area contributed by atoms with E-state index < -0.39 is 16.1 Å². The van der Waals surface area contributed by atoms with Crippen molar-refractivity contribution in [3.63, 3.8) is 0 Å². The molecule has 0 heterocycles. The molecule has 0 saturated heterocycles. The van der Waals surface area contributed by atoms with Crippen LogP contribution in [-0.2, 0) is 10.0 Å². The second-order valence-electron chi connectivity index (χ2n) is 4.45. The van der Waals surface area contributed by atoms with Crippen LogP contribution < -0.4 is 10.0 Å². The third-order valence-corrected chi connectivity index (χ3v) is 3.44. The summed E-state index contributed by atoms with van der Waals surface area (Å²) in [6.07, 6.45) is 0.272. The highest BCUT2D eigenvalue weighted by Crippen LogP contribution is 2.01. The van der Waals surface area contributed by atoms with Crippen LogP contribution in [0.3, 0.4) is 0 Å². The van der Waals surface area contributed by atoms with Gasteiger partial charge in [-0.15, -0.1) is 0 Å². The van der Waals surface area contributed by atoms with Gasteiger partial charge in [0.1, 0.15) is 0 Å². The lowest BCUT2D eigenvalue weighted by atomic mass is 10.2. The number of nitrogens with one attached hydrogen (secondary N) is 2. The Morgan fingerprint density at radius 1 is 1.19 bits per heavy atom. The number of hydrogen-bond donors (Lipinski definition) is 3. The van der Waals surface area contributed by atoms with Gasteiger partial charge in [0.25, 0.3) is 0 Å². The van der Waals surface area contributed by atoms with Crippen LogP contribution >= 0.6 is 0 Å². The molecule has 0 aliphatic rings. The fourth-order valence-electron chi connectivity index (χ4n) is 1.07. The maximum atomic E-state index is 11.4. The van der Waals surface area contributed by atoms with Crippen molar-refractivity contribution in [3.05, 3.63) is 0 Å². The molecule has 0 aliphatic carbocycles. The van der Waals surface area contributed by atoms with Crippen LogP contribution in [0, 0.1) is 5.92 Å². The molecule has 3 N–H and O–H groups in total.